The van der Waals surface area contributed by atoms with Crippen LogP contribution in [0.3, 0.4) is 0 Å². The highest BCUT2D eigenvalue weighted by molar-refractivity contribution is 5.34. The van der Waals surface area contributed by atoms with Gasteiger partial charge in [-0.05, 0) is 36.2 Å². The van der Waals surface area contributed by atoms with Crippen molar-refractivity contribution in [3.63, 3.8) is 0 Å². The van der Waals surface area contributed by atoms with Crippen molar-refractivity contribution in [1.29, 1.82) is 0 Å². The third kappa shape index (κ3) is 2.38. The molecule has 1 nitrogen and oxygen atoms in total. The molecule has 0 saturated heterocycles. The molecule has 94 valence electrons. The third-order valence-corrected chi connectivity index (χ3v) is 2.74. The molecule has 0 amide bonds. The summed E-state index contributed by atoms with van der Waals surface area (Å²) in [5, 5.41) is 9.98. The summed E-state index contributed by atoms with van der Waals surface area (Å²) in [4.78, 5) is 0. The first-order chi connectivity index (χ1) is 8.49. The Labute approximate surface area is 103 Å². The molecule has 0 aliphatic rings. The highest BCUT2D eigenvalue weighted by Crippen LogP contribution is 2.26. The number of hydrogen-bond acceptors (Lipinski definition) is 1. The fourth-order valence-electron chi connectivity index (χ4n) is 1.75. The Bertz CT molecular complexity index is 581. The quantitative estimate of drug-likeness (QED) is 0.867. The maximum absolute atomic E-state index is 13.6. The molecule has 0 radical (unpaired) electrons. The van der Waals surface area contributed by atoms with Crippen LogP contribution in [0.2, 0.25) is 0 Å². The molecule has 2 aromatic rings. The van der Waals surface area contributed by atoms with Gasteiger partial charge in [0, 0.05) is 11.6 Å². The molecule has 0 fully saturated rings. The fraction of sp³-hybridized carbons (Fsp3) is 0.143. The molecule has 0 aliphatic heterocycles. The minimum atomic E-state index is -1.32. The minimum Gasteiger partial charge on any atom is -0.384 e. The van der Waals surface area contributed by atoms with Gasteiger partial charge in [-0.15, -0.1) is 0 Å². The van der Waals surface area contributed by atoms with E-state index in [4.69, 9.17) is 0 Å². The molecule has 1 unspecified atom stereocenters. The fourth-order valence-corrected chi connectivity index (χ4v) is 1.75. The zero-order valence-corrected chi connectivity index (χ0v) is 9.62. The normalized spacial score (nSPS) is 12.5. The van der Waals surface area contributed by atoms with Gasteiger partial charge in [-0.25, -0.2) is 13.2 Å². The Kier molecular flexibility index (Phi) is 3.39. The first-order valence-electron chi connectivity index (χ1n) is 5.38. The standard InChI is InChI=1S/C14H11F3O/c1-8-5-11(13(17)7-12(8)16)14(18)9-3-2-4-10(15)6-9/h2-7,14,18H,1H3. The zero-order valence-electron chi connectivity index (χ0n) is 9.62. The Morgan fingerprint density at radius 3 is 2.39 bits per heavy atom. The van der Waals surface area contributed by atoms with E-state index in [0.717, 1.165) is 6.07 Å². The van der Waals surface area contributed by atoms with Crippen molar-refractivity contribution < 1.29 is 18.3 Å². The topological polar surface area (TPSA) is 20.2 Å². The van der Waals surface area contributed by atoms with Gasteiger partial charge in [0.15, 0.2) is 0 Å². The number of rotatable bonds is 2. The summed E-state index contributed by atoms with van der Waals surface area (Å²) in [6.07, 6.45) is -1.32. The lowest BCUT2D eigenvalue weighted by Crippen LogP contribution is -2.04. The lowest BCUT2D eigenvalue weighted by molar-refractivity contribution is 0.214. The van der Waals surface area contributed by atoms with E-state index >= 15 is 0 Å². The van der Waals surface area contributed by atoms with E-state index in [2.05, 4.69) is 0 Å². The van der Waals surface area contributed by atoms with Crippen LogP contribution in [0.5, 0.6) is 0 Å². The van der Waals surface area contributed by atoms with Crippen LogP contribution in [-0.4, -0.2) is 5.11 Å². The lowest BCUT2D eigenvalue weighted by Gasteiger charge is -2.13. The molecule has 0 spiro atoms. The van der Waals surface area contributed by atoms with Crippen LogP contribution in [-0.2, 0) is 0 Å². The van der Waals surface area contributed by atoms with Crippen molar-refractivity contribution in [3.05, 3.63) is 70.5 Å². The minimum absolute atomic E-state index is 0.0699. The summed E-state index contributed by atoms with van der Waals surface area (Å²) in [7, 11) is 0. The molecular weight excluding hydrogens is 241 g/mol. The van der Waals surface area contributed by atoms with Crippen LogP contribution >= 0.6 is 0 Å². The molecule has 1 N–H and O–H groups in total. The largest absolute Gasteiger partial charge is 0.384 e. The smallest absolute Gasteiger partial charge is 0.132 e. The molecule has 2 aromatic carbocycles. The van der Waals surface area contributed by atoms with Gasteiger partial charge in [0.05, 0.1) is 0 Å². The number of benzene rings is 2. The van der Waals surface area contributed by atoms with E-state index in [9.17, 15) is 18.3 Å². The average molecular weight is 252 g/mol. The zero-order chi connectivity index (χ0) is 13.3. The third-order valence-electron chi connectivity index (χ3n) is 2.74. The Morgan fingerprint density at radius 2 is 1.72 bits per heavy atom. The molecule has 0 aromatic heterocycles. The van der Waals surface area contributed by atoms with Crippen molar-refractivity contribution in [2.45, 2.75) is 13.0 Å². The van der Waals surface area contributed by atoms with Crippen molar-refractivity contribution >= 4 is 0 Å². The molecular formula is C14H11F3O. The van der Waals surface area contributed by atoms with E-state index in [-0.39, 0.29) is 16.7 Å². The van der Waals surface area contributed by atoms with Gasteiger partial charge in [0.1, 0.15) is 23.6 Å². The van der Waals surface area contributed by atoms with E-state index in [0.29, 0.717) is 6.07 Å². The monoisotopic (exact) mass is 252 g/mol. The highest BCUT2D eigenvalue weighted by atomic mass is 19.1. The van der Waals surface area contributed by atoms with Gasteiger partial charge in [-0.2, -0.15) is 0 Å². The van der Waals surface area contributed by atoms with Crippen LogP contribution < -0.4 is 0 Å². The summed E-state index contributed by atoms with van der Waals surface area (Å²) in [5.74, 6) is -2.05. The van der Waals surface area contributed by atoms with Gasteiger partial charge in [0.25, 0.3) is 0 Å². The van der Waals surface area contributed by atoms with E-state index < -0.39 is 23.6 Å². The molecule has 1 atom stereocenters. The number of aliphatic hydroxyl groups excluding tert-OH is 1. The first kappa shape index (κ1) is 12.6. The molecule has 0 aliphatic carbocycles. The maximum atomic E-state index is 13.6. The van der Waals surface area contributed by atoms with Crippen molar-refractivity contribution in [3.8, 4) is 0 Å². The first-order valence-corrected chi connectivity index (χ1v) is 5.38. The summed E-state index contributed by atoms with van der Waals surface area (Å²) >= 11 is 0. The van der Waals surface area contributed by atoms with E-state index in [1.807, 2.05) is 0 Å². The van der Waals surface area contributed by atoms with Crippen LogP contribution in [0.4, 0.5) is 13.2 Å². The number of hydrogen-bond donors (Lipinski definition) is 1. The second-order valence-corrected chi connectivity index (χ2v) is 4.08. The van der Waals surface area contributed by atoms with Crippen LogP contribution in [0.1, 0.15) is 22.8 Å². The Balaban J connectivity index is 2.46. The summed E-state index contributed by atoms with van der Waals surface area (Å²) in [6, 6.07) is 7.17. The predicted molar refractivity (Wildman–Crippen MR) is 61.6 cm³/mol. The van der Waals surface area contributed by atoms with Gasteiger partial charge in [-0.1, -0.05) is 12.1 Å². The molecule has 4 heteroatoms. The van der Waals surface area contributed by atoms with Crippen molar-refractivity contribution in [1.82, 2.24) is 0 Å². The molecule has 0 saturated carbocycles. The van der Waals surface area contributed by atoms with E-state index in [1.165, 1.54) is 31.2 Å². The van der Waals surface area contributed by atoms with Gasteiger partial charge >= 0.3 is 0 Å². The second-order valence-electron chi connectivity index (χ2n) is 4.08. The SMILES string of the molecule is Cc1cc(C(O)c2cccc(F)c2)c(F)cc1F. The van der Waals surface area contributed by atoms with Crippen molar-refractivity contribution in [2.24, 2.45) is 0 Å². The molecule has 0 heterocycles. The second kappa shape index (κ2) is 4.82. The number of halogens is 3. The highest BCUT2D eigenvalue weighted by Gasteiger charge is 2.17. The summed E-state index contributed by atoms with van der Waals surface area (Å²) in [6.45, 7) is 1.47. The molecule has 2 rings (SSSR count). The van der Waals surface area contributed by atoms with Crippen LogP contribution in [0.15, 0.2) is 36.4 Å². The van der Waals surface area contributed by atoms with Gasteiger partial charge < -0.3 is 5.11 Å². The van der Waals surface area contributed by atoms with E-state index in [1.54, 1.807) is 0 Å². The van der Waals surface area contributed by atoms with Gasteiger partial charge in [0.2, 0.25) is 0 Å². The molecule has 18 heavy (non-hydrogen) atoms. The number of aryl methyl sites for hydroxylation is 1. The number of aliphatic hydroxyl groups is 1. The molecule has 0 bridgehead atoms. The Morgan fingerprint density at radius 1 is 1.00 bits per heavy atom. The Hall–Kier alpha value is -1.81. The maximum Gasteiger partial charge on any atom is 0.132 e. The van der Waals surface area contributed by atoms with Gasteiger partial charge in [-0.3, -0.25) is 0 Å². The summed E-state index contributed by atoms with van der Waals surface area (Å²) in [5.41, 5.74) is 0.376. The van der Waals surface area contributed by atoms with Crippen molar-refractivity contribution in [2.75, 3.05) is 0 Å². The summed E-state index contributed by atoms with van der Waals surface area (Å²) < 4.78 is 39.7. The lowest BCUT2D eigenvalue weighted by atomic mass is 9.99. The average Bonchev–Trinajstić information content (AvgIpc) is 2.33. The van der Waals surface area contributed by atoms with Crippen LogP contribution in [0.25, 0.3) is 0 Å². The van der Waals surface area contributed by atoms with Crippen LogP contribution in [0, 0.1) is 24.4 Å². The predicted octanol–water partition coefficient (Wildman–Crippen LogP) is 3.49.